The van der Waals surface area contributed by atoms with Gasteiger partial charge in [0.05, 0.1) is 19.4 Å². The van der Waals surface area contributed by atoms with Crippen LogP contribution in [0.2, 0.25) is 0 Å². The van der Waals surface area contributed by atoms with Gasteiger partial charge >= 0.3 is 0 Å². The van der Waals surface area contributed by atoms with Crippen molar-refractivity contribution in [1.29, 1.82) is 0 Å². The number of piperidine rings is 1. The molecule has 0 aliphatic carbocycles. The van der Waals surface area contributed by atoms with Crippen LogP contribution in [-0.4, -0.2) is 85.4 Å². The van der Waals surface area contributed by atoms with E-state index in [4.69, 9.17) is 14.5 Å². The highest BCUT2D eigenvalue weighted by Crippen LogP contribution is 2.32. The number of hydrogen-bond acceptors (Lipinski definition) is 8. The van der Waals surface area contributed by atoms with Crippen LogP contribution in [0.25, 0.3) is 0 Å². The predicted octanol–water partition coefficient (Wildman–Crippen LogP) is -0.0333. The van der Waals surface area contributed by atoms with Crippen molar-refractivity contribution in [2.45, 2.75) is 18.6 Å². The van der Waals surface area contributed by atoms with E-state index < -0.39 is 0 Å². The first-order valence-electron chi connectivity index (χ1n) is 8.40. The zero-order valence-corrected chi connectivity index (χ0v) is 13.6. The fraction of sp³-hybridized carbons (Fsp3) is 0.800. The highest BCUT2D eigenvalue weighted by molar-refractivity contribution is 5.42. The van der Waals surface area contributed by atoms with E-state index in [2.05, 4.69) is 31.9 Å². The summed E-state index contributed by atoms with van der Waals surface area (Å²) in [6.45, 7) is 7.15. The SMILES string of the molecule is CN1CCN(c2nncc(N3CCC4(CC3)OCCO4)n2)CC1. The topological polar surface area (TPSA) is 66.9 Å². The van der Waals surface area contributed by atoms with Gasteiger partial charge in [-0.25, -0.2) is 0 Å². The quantitative estimate of drug-likeness (QED) is 0.752. The molecule has 0 radical (unpaired) electrons. The van der Waals surface area contributed by atoms with Crippen LogP contribution in [0.3, 0.4) is 0 Å². The van der Waals surface area contributed by atoms with Gasteiger partial charge in [-0.15, -0.1) is 5.10 Å². The van der Waals surface area contributed by atoms with Gasteiger partial charge in [0.2, 0.25) is 5.95 Å². The Bertz CT molecular complexity index is 533. The molecular weight excluding hydrogens is 296 g/mol. The number of nitrogens with zero attached hydrogens (tertiary/aromatic N) is 6. The maximum Gasteiger partial charge on any atom is 0.247 e. The summed E-state index contributed by atoms with van der Waals surface area (Å²) in [5, 5.41) is 8.40. The number of aromatic nitrogens is 3. The lowest BCUT2D eigenvalue weighted by Gasteiger charge is -2.38. The first-order valence-corrected chi connectivity index (χ1v) is 8.40. The number of rotatable bonds is 2. The van der Waals surface area contributed by atoms with Crippen LogP contribution < -0.4 is 9.80 Å². The molecule has 0 aromatic carbocycles. The molecular formula is C15H24N6O2. The van der Waals surface area contributed by atoms with Crippen LogP contribution in [0.1, 0.15) is 12.8 Å². The molecule has 1 aromatic rings. The Balaban J connectivity index is 1.42. The van der Waals surface area contributed by atoms with Crippen LogP contribution in [0.15, 0.2) is 6.20 Å². The highest BCUT2D eigenvalue weighted by atomic mass is 16.7. The number of ether oxygens (including phenoxy) is 2. The maximum absolute atomic E-state index is 5.78. The van der Waals surface area contributed by atoms with E-state index in [1.165, 1.54) is 0 Å². The van der Waals surface area contributed by atoms with E-state index in [1.807, 2.05) is 0 Å². The van der Waals surface area contributed by atoms with Crippen molar-refractivity contribution in [1.82, 2.24) is 20.1 Å². The predicted molar refractivity (Wildman–Crippen MR) is 85.6 cm³/mol. The molecule has 3 aliphatic heterocycles. The second kappa shape index (κ2) is 6.18. The lowest BCUT2D eigenvalue weighted by Crippen LogP contribution is -2.46. The molecule has 4 heterocycles. The Hall–Kier alpha value is -1.51. The van der Waals surface area contributed by atoms with Crippen molar-refractivity contribution in [2.75, 3.05) is 69.3 Å². The molecule has 0 unspecified atom stereocenters. The molecule has 0 atom stereocenters. The van der Waals surface area contributed by atoms with Crippen LogP contribution in [0.5, 0.6) is 0 Å². The molecule has 3 fully saturated rings. The van der Waals surface area contributed by atoms with Gasteiger partial charge in [0.1, 0.15) is 0 Å². The molecule has 1 spiro atoms. The first kappa shape index (κ1) is 15.0. The van der Waals surface area contributed by atoms with E-state index in [0.29, 0.717) is 13.2 Å². The third kappa shape index (κ3) is 3.11. The molecule has 23 heavy (non-hydrogen) atoms. The van der Waals surface area contributed by atoms with Gasteiger partial charge in [-0.1, -0.05) is 0 Å². The molecule has 0 saturated carbocycles. The average molecular weight is 320 g/mol. The summed E-state index contributed by atoms with van der Waals surface area (Å²) in [5.41, 5.74) is 0. The molecule has 0 amide bonds. The summed E-state index contributed by atoms with van der Waals surface area (Å²) in [5.74, 6) is 1.29. The zero-order chi connectivity index (χ0) is 15.7. The Kier molecular flexibility index (Phi) is 4.04. The fourth-order valence-corrected chi connectivity index (χ4v) is 3.44. The van der Waals surface area contributed by atoms with Crippen LogP contribution in [0.4, 0.5) is 11.8 Å². The Morgan fingerprint density at radius 3 is 2.35 bits per heavy atom. The van der Waals surface area contributed by atoms with E-state index >= 15 is 0 Å². The van der Waals surface area contributed by atoms with E-state index in [9.17, 15) is 0 Å². The molecule has 3 saturated heterocycles. The Labute approximate surface area is 136 Å². The van der Waals surface area contributed by atoms with Crippen LogP contribution in [0, 0.1) is 0 Å². The van der Waals surface area contributed by atoms with Crippen LogP contribution >= 0.6 is 0 Å². The summed E-state index contributed by atoms with van der Waals surface area (Å²) in [6.07, 6.45) is 3.51. The van der Waals surface area contributed by atoms with Gasteiger partial charge in [-0.3, -0.25) is 0 Å². The van der Waals surface area contributed by atoms with Crippen molar-refractivity contribution >= 4 is 11.8 Å². The maximum atomic E-state index is 5.78. The number of hydrogen-bond donors (Lipinski definition) is 0. The van der Waals surface area contributed by atoms with E-state index in [-0.39, 0.29) is 5.79 Å². The molecule has 8 nitrogen and oxygen atoms in total. The zero-order valence-electron chi connectivity index (χ0n) is 13.6. The minimum atomic E-state index is -0.350. The molecule has 0 bridgehead atoms. The molecule has 3 aliphatic rings. The van der Waals surface area contributed by atoms with Gasteiger partial charge in [-0.2, -0.15) is 10.1 Å². The molecule has 4 rings (SSSR count). The van der Waals surface area contributed by atoms with Crippen molar-refractivity contribution in [3.63, 3.8) is 0 Å². The third-order valence-electron chi connectivity index (χ3n) is 4.98. The van der Waals surface area contributed by atoms with Crippen molar-refractivity contribution < 1.29 is 9.47 Å². The largest absolute Gasteiger partial charge is 0.355 e. The van der Waals surface area contributed by atoms with Gasteiger partial charge in [0.15, 0.2) is 11.6 Å². The lowest BCUT2D eigenvalue weighted by atomic mass is 10.0. The number of likely N-dealkylation sites (N-methyl/N-ethyl adjacent to an activating group) is 1. The minimum absolute atomic E-state index is 0.350. The smallest absolute Gasteiger partial charge is 0.247 e. The van der Waals surface area contributed by atoms with E-state index in [0.717, 1.165) is 63.9 Å². The van der Waals surface area contributed by atoms with Gasteiger partial charge in [0, 0.05) is 52.1 Å². The summed E-state index contributed by atoms with van der Waals surface area (Å²) < 4.78 is 11.6. The summed E-state index contributed by atoms with van der Waals surface area (Å²) in [6, 6.07) is 0. The van der Waals surface area contributed by atoms with Crippen molar-refractivity contribution in [2.24, 2.45) is 0 Å². The van der Waals surface area contributed by atoms with Gasteiger partial charge in [-0.05, 0) is 7.05 Å². The summed E-state index contributed by atoms with van der Waals surface area (Å²) in [7, 11) is 2.14. The van der Waals surface area contributed by atoms with E-state index in [1.54, 1.807) is 6.20 Å². The average Bonchev–Trinajstić information content (AvgIpc) is 3.04. The van der Waals surface area contributed by atoms with Gasteiger partial charge < -0.3 is 24.2 Å². The normalized spacial score (nSPS) is 25.3. The Morgan fingerprint density at radius 2 is 1.65 bits per heavy atom. The third-order valence-corrected chi connectivity index (χ3v) is 4.98. The number of anilines is 2. The molecule has 0 N–H and O–H groups in total. The monoisotopic (exact) mass is 320 g/mol. The second-order valence-corrected chi connectivity index (χ2v) is 6.50. The lowest BCUT2D eigenvalue weighted by molar-refractivity contribution is -0.169. The number of piperazine rings is 1. The Morgan fingerprint density at radius 1 is 0.957 bits per heavy atom. The molecule has 1 aromatic heterocycles. The highest BCUT2D eigenvalue weighted by Gasteiger charge is 2.40. The molecule has 8 heteroatoms. The summed E-state index contributed by atoms with van der Waals surface area (Å²) in [4.78, 5) is 11.5. The second-order valence-electron chi connectivity index (χ2n) is 6.50. The summed E-state index contributed by atoms with van der Waals surface area (Å²) >= 11 is 0. The first-order chi connectivity index (χ1) is 11.2. The van der Waals surface area contributed by atoms with Crippen molar-refractivity contribution in [3.8, 4) is 0 Å². The minimum Gasteiger partial charge on any atom is -0.355 e. The molecule has 126 valence electrons. The van der Waals surface area contributed by atoms with Gasteiger partial charge in [0.25, 0.3) is 0 Å². The standard InChI is InChI=1S/C15H24N6O2/c1-19-6-8-21(9-7-19)14-17-13(12-16-18-14)20-4-2-15(3-5-20)22-10-11-23-15/h12H,2-11H2,1H3. The fourth-order valence-electron chi connectivity index (χ4n) is 3.44. The van der Waals surface area contributed by atoms with Crippen molar-refractivity contribution in [3.05, 3.63) is 6.20 Å². The van der Waals surface area contributed by atoms with Crippen LogP contribution in [-0.2, 0) is 9.47 Å².